The summed E-state index contributed by atoms with van der Waals surface area (Å²) in [6.45, 7) is 4.89. The van der Waals surface area contributed by atoms with Gasteiger partial charge in [0.05, 0.1) is 10.0 Å². The number of amides is 3. The van der Waals surface area contributed by atoms with Crippen LogP contribution in [0.1, 0.15) is 6.42 Å². The average Bonchev–Trinajstić information content (AvgIpc) is 3.11. The lowest BCUT2D eigenvalue weighted by Crippen LogP contribution is -2.34. The quantitative estimate of drug-likeness (QED) is 0.659. The Kier molecular flexibility index (Phi) is 7.12. The van der Waals surface area contributed by atoms with E-state index in [1.807, 2.05) is 0 Å². The average molecular weight is 453 g/mol. The number of benzene rings is 1. The van der Waals surface area contributed by atoms with Crippen LogP contribution in [0.4, 0.5) is 15.0 Å². The van der Waals surface area contributed by atoms with Crippen molar-refractivity contribution < 1.29 is 18.7 Å². The Balaban J connectivity index is 1.42. The lowest BCUT2D eigenvalue weighted by atomic mass is 10.3. The highest BCUT2D eigenvalue weighted by Gasteiger charge is 2.31. The minimum absolute atomic E-state index is 0.0211. The van der Waals surface area contributed by atoms with Crippen molar-refractivity contribution in [2.45, 2.75) is 6.42 Å². The molecular weight excluding hydrogens is 434 g/mol. The standard InChI is InChI=1S/C20H19Cl2FN4O3/c1-13(26-8-9-27(20(26)29)18-5-2-14(21)11-25-18)6-7-24-19(28)12-30-15-3-4-16(22)17(23)10-15/h2-5,10-11H,1,6-9,12H2,(H,24,28). The maximum Gasteiger partial charge on any atom is 0.329 e. The lowest BCUT2D eigenvalue weighted by Gasteiger charge is -2.20. The number of carbonyl (C=O) groups is 2. The molecule has 10 heteroatoms. The zero-order valence-electron chi connectivity index (χ0n) is 15.9. The lowest BCUT2D eigenvalue weighted by molar-refractivity contribution is -0.123. The number of rotatable bonds is 8. The topological polar surface area (TPSA) is 74.8 Å². The van der Waals surface area contributed by atoms with Crippen LogP contribution in [-0.2, 0) is 4.79 Å². The van der Waals surface area contributed by atoms with E-state index in [1.54, 1.807) is 21.9 Å². The molecule has 0 atom stereocenters. The molecule has 2 aromatic rings. The molecule has 1 aliphatic rings. The third kappa shape index (κ3) is 5.40. The van der Waals surface area contributed by atoms with E-state index in [4.69, 9.17) is 27.9 Å². The summed E-state index contributed by atoms with van der Waals surface area (Å²) in [4.78, 5) is 31.8. The number of anilines is 1. The molecule has 1 fully saturated rings. The highest BCUT2D eigenvalue weighted by molar-refractivity contribution is 6.30. The van der Waals surface area contributed by atoms with E-state index in [0.29, 0.717) is 36.0 Å². The highest BCUT2D eigenvalue weighted by atomic mass is 35.5. The predicted octanol–water partition coefficient (Wildman–Crippen LogP) is 3.87. The van der Waals surface area contributed by atoms with Crippen LogP contribution in [0.15, 0.2) is 48.8 Å². The fraction of sp³-hybridized carbons (Fsp3) is 0.250. The summed E-state index contributed by atoms with van der Waals surface area (Å²) < 4.78 is 18.6. The van der Waals surface area contributed by atoms with Crippen LogP contribution in [0, 0.1) is 5.82 Å². The van der Waals surface area contributed by atoms with Crippen LogP contribution >= 0.6 is 23.2 Å². The number of aromatic nitrogens is 1. The summed E-state index contributed by atoms with van der Waals surface area (Å²) in [6.07, 6.45) is 1.87. The van der Waals surface area contributed by atoms with Crippen molar-refractivity contribution >= 4 is 41.0 Å². The van der Waals surface area contributed by atoms with Gasteiger partial charge in [0.2, 0.25) is 0 Å². The Morgan fingerprint density at radius 1 is 1.27 bits per heavy atom. The molecule has 158 valence electrons. The summed E-state index contributed by atoms with van der Waals surface area (Å²) in [5.41, 5.74) is 0.581. The number of nitrogens with one attached hydrogen (secondary N) is 1. The molecule has 2 heterocycles. The predicted molar refractivity (Wildman–Crippen MR) is 112 cm³/mol. The Bertz CT molecular complexity index is 956. The largest absolute Gasteiger partial charge is 0.484 e. The number of hydrogen-bond acceptors (Lipinski definition) is 4. The van der Waals surface area contributed by atoms with Crippen molar-refractivity contribution in [2.75, 3.05) is 31.1 Å². The first kappa shape index (κ1) is 21.9. The first-order chi connectivity index (χ1) is 14.3. The molecule has 1 aromatic carbocycles. The van der Waals surface area contributed by atoms with Gasteiger partial charge in [-0.2, -0.15) is 0 Å². The van der Waals surface area contributed by atoms with Gasteiger partial charge >= 0.3 is 6.03 Å². The maximum atomic E-state index is 13.4. The summed E-state index contributed by atoms with van der Waals surface area (Å²) in [6, 6.07) is 7.06. The van der Waals surface area contributed by atoms with Gasteiger partial charge in [0, 0.05) is 44.0 Å². The fourth-order valence-electron chi connectivity index (χ4n) is 2.82. The SMILES string of the molecule is C=C(CCNC(=O)COc1ccc(Cl)c(F)c1)N1CCN(c2ccc(Cl)cn2)C1=O. The smallest absolute Gasteiger partial charge is 0.329 e. The van der Waals surface area contributed by atoms with Gasteiger partial charge in [-0.1, -0.05) is 29.8 Å². The van der Waals surface area contributed by atoms with Crippen LogP contribution in [0.25, 0.3) is 0 Å². The minimum atomic E-state index is -0.621. The molecule has 0 spiro atoms. The van der Waals surface area contributed by atoms with E-state index in [9.17, 15) is 14.0 Å². The van der Waals surface area contributed by atoms with Crippen molar-refractivity contribution in [1.29, 1.82) is 0 Å². The molecule has 7 nitrogen and oxygen atoms in total. The molecule has 1 aliphatic heterocycles. The third-order valence-corrected chi connectivity index (χ3v) is 4.91. The Morgan fingerprint density at radius 2 is 2.07 bits per heavy atom. The van der Waals surface area contributed by atoms with Crippen LogP contribution in [0.2, 0.25) is 10.0 Å². The summed E-state index contributed by atoms with van der Waals surface area (Å²) in [5, 5.41) is 3.15. The Hall–Kier alpha value is -2.84. The number of pyridine rings is 1. The van der Waals surface area contributed by atoms with E-state index < -0.39 is 5.82 Å². The molecule has 30 heavy (non-hydrogen) atoms. The van der Waals surface area contributed by atoms with E-state index in [0.717, 1.165) is 6.07 Å². The molecule has 1 N–H and O–H groups in total. The number of hydrogen-bond donors (Lipinski definition) is 1. The van der Waals surface area contributed by atoms with Gasteiger partial charge in [-0.15, -0.1) is 0 Å². The Labute approximate surface area is 183 Å². The second kappa shape index (κ2) is 9.77. The Morgan fingerprint density at radius 3 is 2.77 bits per heavy atom. The van der Waals surface area contributed by atoms with Crippen molar-refractivity contribution in [3.8, 4) is 5.75 Å². The zero-order chi connectivity index (χ0) is 21.7. The van der Waals surface area contributed by atoms with Crippen molar-refractivity contribution in [3.05, 3.63) is 64.7 Å². The van der Waals surface area contributed by atoms with E-state index in [1.165, 1.54) is 18.3 Å². The number of halogens is 3. The van der Waals surface area contributed by atoms with Crippen LogP contribution in [-0.4, -0.2) is 48.1 Å². The van der Waals surface area contributed by atoms with Gasteiger partial charge in [0.25, 0.3) is 5.91 Å². The second-order valence-corrected chi connectivity index (χ2v) is 7.29. The first-order valence-electron chi connectivity index (χ1n) is 9.08. The molecule has 0 radical (unpaired) electrons. The molecule has 1 saturated heterocycles. The van der Waals surface area contributed by atoms with Gasteiger partial charge in [-0.3, -0.25) is 14.6 Å². The van der Waals surface area contributed by atoms with Crippen LogP contribution in [0.3, 0.4) is 0 Å². The fourth-order valence-corrected chi connectivity index (χ4v) is 3.05. The van der Waals surface area contributed by atoms with Gasteiger partial charge in [0.15, 0.2) is 6.61 Å². The van der Waals surface area contributed by atoms with Gasteiger partial charge in [0.1, 0.15) is 17.4 Å². The van der Waals surface area contributed by atoms with Crippen molar-refractivity contribution in [1.82, 2.24) is 15.2 Å². The van der Waals surface area contributed by atoms with E-state index in [2.05, 4.69) is 16.9 Å². The second-order valence-electron chi connectivity index (χ2n) is 6.45. The third-order valence-electron chi connectivity index (χ3n) is 4.38. The molecule has 0 saturated carbocycles. The first-order valence-corrected chi connectivity index (χ1v) is 9.83. The molecule has 1 aromatic heterocycles. The minimum Gasteiger partial charge on any atom is -0.484 e. The van der Waals surface area contributed by atoms with Gasteiger partial charge in [-0.05, 0) is 24.3 Å². The molecule has 0 unspecified atom stereocenters. The summed E-state index contributed by atoms with van der Waals surface area (Å²) in [7, 11) is 0. The summed E-state index contributed by atoms with van der Waals surface area (Å²) >= 11 is 11.4. The number of carbonyl (C=O) groups excluding carboxylic acids is 2. The molecule has 0 bridgehead atoms. The number of nitrogens with zero attached hydrogens (tertiary/aromatic N) is 3. The van der Waals surface area contributed by atoms with Crippen LogP contribution in [0.5, 0.6) is 5.75 Å². The van der Waals surface area contributed by atoms with Crippen molar-refractivity contribution in [3.63, 3.8) is 0 Å². The van der Waals surface area contributed by atoms with Crippen molar-refractivity contribution in [2.24, 2.45) is 0 Å². The molecule has 3 rings (SSSR count). The zero-order valence-corrected chi connectivity index (χ0v) is 17.4. The molecular formula is C20H19Cl2FN4O3. The highest BCUT2D eigenvalue weighted by Crippen LogP contribution is 2.23. The van der Waals surface area contributed by atoms with E-state index in [-0.39, 0.29) is 35.9 Å². The monoisotopic (exact) mass is 452 g/mol. The van der Waals surface area contributed by atoms with Gasteiger partial charge in [-0.25, -0.2) is 14.2 Å². The molecule has 0 aliphatic carbocycles. The van der Waals surface area contributed by atoms with E-state index >= 15 is 0 Å². The number of urea groups is 1. The van der Waals surface area contributed by atoms with Crippen LogP contribution < -0.4 is 15.0 Å². The van der Waals surface area contributed by atoms with Gasteiger partial charge < -0.3 is 10.1 Å². The number of ether oxygens (including phenoxy) is 1. The molecule has 3 amide bonds. The normalized spacial score (nSPS) is 13.5. The summed E-state index contributed by atoms with van der Waals surface area (Å²) in [5.74, 6) is -0.277. The maximum absolute atomic E-state index is 13.4.